The van der Waals surface area contributed by atoms with E-state index in [1.54, 1.807) is 0 Å². The van der Waals surface area contributed by atoms with Crippen molar-refractivity contribution in [1.82, 2.24) is 0 Å². The van der Waals surface area contributed by atoms with Gasteiger partial charge in [0.05, 0.1) is 19.8 Å². The van der Waals surface area contributed by atoms with Crippen LogP contribution in [0.1, 0.15) is 31.9 Å². The van der Waals surface area contributed by atoms with E-state index in [1.165, 1.54) is 13.2 Å². The average molecular weight is 282 g/mol. The van der Waals surface area contributed by atoms with Crippen molar-refractivity contribution in [2.45, 2.75) is 26.2 Å². The lowest BCUT2D eigenvalue weighted by Crippen LogP contribution is -2.09. The second-order valence-corrected chi connectivity index (χ2v) is 4.09. The standard InChI is InChI=1S/C14H18O6/c1-3-4-5-6-19-14(17)12(15)8-11-7-10(18-2)9-13(16)20-11/h7-9,15H,3-6H2,1-2H3. The number of ether oxygens (including phenoxy) is 2. The SMILES string of the molecule is CCCCCOC(=O)C(O)=Cc1cc(OC)cc(=O)o1. The van der Waals surface area contributed by atoms with Crippen molar-refractivity contribution in [2.75, 3.05) is 13.7 Å². The molecule has 0 saturated carbocycles. The summed E-state index contributed by atoms with van der Waals surface area (Å²) in [6.07, 6.45) is 3.71. The molecule has 20 heavy (non-hydrogen) atoms. The number of rotatable bonds is 7. The Kier molecular flexibility index (Phi) is 6.36. The first kappa shape index (κ1) is 15.8. The van der Waals surface area contributed by atoms with Crippen molar-refractivity contribution in [3.63, 3.8) is 0 Å². The molecule has 110 valence electrons. The molecule has 0 fully saturated rings. The molecular weight excluding hydrogens is 264 g/mol. The molecule has 0 amide bonds. The third-order valence-electron chi connectivity index (χ3n) is 2.47. The summed E-state index contributed by atoms with van der Waals surface area (Å²) in [6, 6.07) is 2.53. The number of hydrogen-bond acceptors (Lipinski definition) is 6. The molecule has 0 unspecified atom stereocenters. The second-order valence-electron chi connectivity index (χ2n) is 4.09. The van der Waals surface area contributed by atoms with Gasteiger partial charge < -0.3 is 19.0 Å². The minimum absolute atomic E-state index is 0.0114. The fourth-order valence-corrected chi connectivity index (χ4v) is 1.45. The van der Waals surface area contributed by atoms with Crippen LogP contribution in [0.3, 0.4) is 0 Å². The maximum Gasteiger partial charge on any atom is 0.373 e. The van der Waals surface area contributed by atoms with Crippen LogP contribution in [0.15, 0.2) is 27.1 Å². The number of hydrogen-bond donors (Lipinski definition) is 1. The van der Waals surface area contributed by atoms with E-state index in [9.17, 15) is 14.7 Å². The normalized spacial score (nSPS) is 11.2. The van der Waals surface area contributed by atoms with Gasteiger partial charge in [0.2, 0.25) is 5.76 Å². The van der Waals surface area contributed by atoms with Gasteiger partial charge in [-0.2, -0.15) is 0 Å². The first-order valence-electron chi connectivity index (χ1n) is 6.33. The zero-order valence-corrected chi connectivity index (χ0v) is 11.5. The number of esters is 1. The van der Waals surface area contributed by atoms with E-state index in [4.69, 9.17) is 13.9 Å². The van der Waals surface area contributed by atoms with E-state index in [0.29, 0.717) is 0 Å². The molecule has 0 bridgehead atoms. The molecule has 1 heterocycles. The van der Waals surface area contributed by atoms with Gasteiger partial charge in [0.1, 0.15) is 11.5 Å². The molecular formula is C14H18O6. The molecule has 0 spiro atoms. The van der Waals surface area contributed by atoms with Crippen molar-refractivity contribution in [3.8, 4) is 5.75 Å². The smallest absolute Gasteiger partial charge is 0.373 e. The molecule has 6 heteroatoms. The average Bonchev–Trinajstić information content (AvgIpc) is 2.42. The summed E-state index contributed by atoms with van der Waals surface area (Å²) in [5, 5.41) is 9.57. The molecule has 0 aliphatic carbocycles. The Labute approximate surface area is 116 Å². The van der Waals surface area contributed by atoms with E-state index in [0.717, 1.165) is 31.4 Å². The number of unbranched alkanes of at least 4 members (excludes halogenated alkanes) is 2. The lowest BCUT2D eigenvalue weighted by atomic mass is 10.3. The van der Waals surface area contributed by atoms with Crippen LogP contribution in [0.2, 0.25) is 0 Å². The van der Waals surface area contributed by atoms with Crippen LogP contribution in [-0.2, 0) is 9.53 Å². The molecule has 0 aliphatic heterocycles. The molecule has 0 atom stereocenters. The number of aliphatic hydroxyl groups excluding tert-OH is 1. The first-order valence-corrected chi connectivity index (χ1v) is 6.33. The van der Waals surface area contributed by atoms with Crippen molar-refractivity contribution in [2.24, 2.45) is 0 Å². The Morgan fingerprint density at radius 3 is 2.80 bits per heavy atom. The minimum atomic E-state index is -0.855. The number of methoxy groups -OCH3 is 1. The fraction of sp³-hybridized carbons (Fsp3) is 0.429. The van der Waals surface area contributed by atoms with E-state index in [-0.39, 0.29) is 18.1 Å². The first-order chi connectivity index (χ1) is 9.56. The topological polar surface area (TPSA) is 86.0 Å². The van der Waals surface area contributed by atoms with Gasteiger partial charge in [-0.1, -0.05) is 19.8 Å². The minimum Gasteiger partial charge on any atom is -0.502 e. The highest BCUT2D eigenvalue weighted by molar-refractivity contribution is 5.90. The van der Waals surface area contributed by atoms with Crippen LogP contribution in [0.5, 0.6) is 5.75 Å². The third kappa shape index (κ3) is 5.17. The molecule has 1 rings (SSSR count). The van der Waals surface area contributed by atoms with Crippen LogP contribution >= 0.6 is 0 Å². The molecule has 1 aromatic heterocycles. The summed E-state index contributed by atoms with van der Waals surface area (Å²) < 4.78 is 14.5. The van der Waals surface area contributed by atoms with Crippen LogP contribution in [0.4, 0.5) is 0 Å². The van der Waals surface area contributed by atoms with Crippen LogP contribution in [-0.4, -0.2) is 24.8 Å². The maximum absolute atomic E-state index is 11.5. The highest BCUT2D eigenvalue weighted by Crippen LogP contribution is 2.12. The van der Waals surface area contributed by atoms with E-state index in [2.05, 4.69) is 0 Å². The third-order valence-corrected chi connectivity index (χ3v) is 2.47. The van der Waals surface area contributed by atoms with Crippen LogP contribution < -0.4 is 10.4 Å². The van der Waals surface area contributed by atoms with E-state index < -0.39 is 17.4 Å². The highest BCUT2D eigenvalue weighted by Gasteiger charge is 2.10. The predicted octanol–water partition coefficient (Wildman–Crippen LogP) is 2.28. The van der Waals surface area contributed by atoms with Gasteiger partial charge in [0, 0.05) is 12.1 Å². The molecule has 1 N–H and O–H groups in total. The Morgan fingerprint density at radius 1 is 1.40 bits per heavy atom. The Hall–Kier alpha value is -2.24. The van der Waals surface area contributed by atoms with Gasteiger partial charge >= 0.3 is 11.6 Å². The summed E-state index contributed by atoms with van der Waals surface area (Å²) in [5.41, 5.74) is -0.639. The lowest BCUT2D eigenvalue weighted by Gasteiger charge is -2.03. The summed E-state index contributed by atoms with van der Waals surface area (Å²) >= 11 is 0. The van der Waals surface area contributed by atoms with Gasteiger partial charge in [-0.25, -0.2) is 9.59 Å². The molecule has 0 radical (unpaired) electrons. The fourth-order valence-electron chi connectivity index (χ4n) is 1.45. The molecule has 0 aromatic carbocycles. The summed E-state index contributed by atoms with van der Waals surface area (Å²) in [7, 11) is 1.39. The molecule has 0 aliphatic rings. The monoisotopic (exact) mass is 282 g/mol. The number of aliphatic hydroxyl groups is 1. The van der Waals surface area contributed by atoms with Gasteiger partial charge in [-0.15, -0.1) is 0 Å². The van der Waals surface area contributed by atoms with Crippen molar-refractivity contribution < 1.29 is 23.8 Å². The predicted molar refractivity (Wildman–Crippen MR) is 72.6 cm³/mol. The Bertz CT molecular complexity index is 529. The summed E-state index contributed by atoms with van der Waals surface area (Å²) in [4.78, 5) is 22.6. The molecule has 6 nitrogen and oxygen atoms in total. The number of carbonyl (C=O) groups is 1. The van der Waals surface area contributed by atoms with Crippen LogP contribution in [0.25, 0.3) is 6.08 Å². The second kappa shape index (κ2) is 8.04. The lowest BCUT2D eigenvalue weighted by molar-refractivity contribution is -0.142. The molecule has 1 aromatic rings. The zero-order valence-electron chi connectivity index (χ0n) is 11.5. The van der Waals surface area contributed by atoms with Gasteiger partial charge in [-0.05, 0) is 6.42 Å². The van der Waals surface area contributed by atoms with Crippen molar-refractivity contribution >= 4 is 12.0 Å². The zero-order chi connectivity index (χ0) is 15.0. The van der Waals surface area contributed by atoms with Crippen LogP contribution in [0, 0.1) is 0 Å². The summed E-state index contributed by atoms with van der Waals surface area (Å²) in [6.45, 7) is 2.27. The maximum atomic E-state index is 11.5. The van der Waals surface area contributed by atoms with Crippen molar-refractivity contribution in [3.05, 3.63) is 34.1 Å². The van der Waals surface area contributed by atoms with E-state index >= 15 is 0 Å². The molecule has 0 saturated heterocycles. The van der Waals surface area contributed by atoms with Crippen molar-refractivity contribution in [1.29, 1.82) is 0 Å². The van der Waals surface area contributed by atoms with Gasteiger partial charge in [-0.3, -0.25) is 0 Å². The number of carbonyl (C=O) groups excluding carboxylic acids is 1. The quantitative estimate of drug-likeness (QED) is 0.357. The summed E-state index contributed by atoms with van der Waals surface area (Å²) in [5.74, 6) is -1.20. The van der Waals surface area contributed by atoms with Gasteiger partial charge in [0.25, 0.3) is 0 Å². The van der Waals surface area contributed by atoms with Gasteiger partial charge in [0.15, 0.2) is 0 Å². The Balaban J connectivity index is 2.70. The highest BCUT2D eigenvalue weighted by atomic mass is 16.5. The Morgan fingerprint density at radius 2 is 2.15 bits per heavy atom. The largest absolute Gasteiger partial charge is 0.502 e. The van der Waals surface area contributed by atoms with E-state index in [1.807, 2.05) is 6.92 Å².